The monoisotopic (exact) mass is 366 g/mol. The van der Waals surface area contributed by atoms with Crippen molar-refractivity contribution >= 4 is 17.0 Å². The number of aromatic nitrogens is 2. The van der Waals surface area contributed by atoms with Gasteiger partial charge in [0.15, 0.2) is 0 Å². The highest BCUT2D eigenvalue weighted by Gasteiger charge is 2.18. The van der Waals surface area contributed by atoms with Crippen LogP contribution in [0, 0.1) is 0 Å². The maximum absolute atomic E-state index is 5.24. The van der Waals surface area contributed by atoms with Gasteiger partial charge in [0.2, 0.25) is 0 Å². The molecule has 1 aliphatic rings. The van der Waals surface area contributed by atoms with Crippen molar-refractivity contribution in [1.82, 2.24) is 14.9 Å². The molecule has 1 aliphatic heterocycles. The molecule has 1 saturated heterocycles. The zero-order valence-corrected chi connectivity index (χ0v) is 15.7. The van der Waals surface area contributed by atoms with Crippen molar-refractivity contribution in [2.75, 3.05) is 38.2 Å². The highest BCUT2D eigenvalue weighted by molar-refractivity contribution is 7.13. The lowest BCUT2D eigenvalue weighted by molar-refractivity contribution is 0.247. The molecule has 0 radical (unpaired) electrons. The molecule has 1 fully saturated rings. The summed E-state index contributed by atoms with van der Waals surface area (Å²) in [6, 6.07) is 14.3. The molecule has 1 aromatic carbocycles. The van der Waals surface area contributed by atoms with Crippen LogP contribution in [0.25, 0.3) is 10.7 Å². The molecule has 3 aromatic rings. The van der Waals surface area contributed by atoms with Crippen LogP contribution in [-0.4, -0.2) is 48.2 Å². The summed E-state index contributed by atoms with van der Waals surface area (Å²) in [5.74, 6) is 0.902. The predicted octanol–water partition coefficient (Wildman–Crippen LogP) is 3.54. The molecule has 134 valence electrons. The van der Waals surface area contributed by atoms with E-state index in [1.54, 1.807) is 18.4 Å². The number of hydrogen-bond donors (Lipinski definition) is 0. The Morgan fingerprint density at radius 3 is 2.54 bits per heavy atom. The third kappa shape index (κ3) is 3.86. The van der Waals surface area contributed by atoms with Crippen LogP contribution in [0.5, 0.6) is 5.75 Å². The van der Waals surface area contributed by atoms with Crippen LogP contribution in [0.4, 0.5) is 5.69 Å². The average molecular weight is 366 g/mol. The van der Waals surface area contributed by atoms with Crippen LogP contribution in [0.15, 0.2) is 54.0 Å². The second-order valence-electron chi connectivity index (χ2n) is 6.32. The van der Waals surface area contributed by atoms with Gasteiger partial charge in [-0.1, -0.05) is 6.07 Å². The van der Waals surface area contributed by atoms with Crippen LogP contribution in [0.3, 0.4) is 0 Å². The van der Waals surface area contributed by atoms with E-state index >= 15 is 0 Å². The van der Waals surface area contributed by atoms with Gasteiger partial charge in [0.1, 0.15) is 10.8 Å². The minimum absolute atomic E-state index is 0.902. The number of thiazole rings is 1. The molecule has 0 atom stereocenters. The second-order valence-corrected chi connectivity index (χ2v) is 7.18. The normalized spacial score (nSPS) is 15.2. The summed E-state index contributed by atoms with van der Waals surface area (Å²) in [4.78, 5) is 14.0. The molecule has 0 aliphatic carbocycles. The lowest BCUT2D eigenvalue weighted by atomic mass is 10.2. The van der Waals surface area contributed by atoms with Gasteiger partial charge in [0, 0.05) is 50.0 Å². The summed E-state index contributed by atoms with van der Waals surface area (Å²) in [5.41, 5.74) is 3.35. The summed E-state index contributed by atoms with van der Waals surface area (Å²) >= 11 is 1.67. The van der Waals surface area contributed by atoms with Gasteiger partial charge in [-0.3, -0.25) is 9.88 Å². The number of benzene rings is 1. The third-order valence-electron chi connectivity index (χ3n) is 4.63. The first-order chi connectivity index (χ1) is 12.8. The first-order valence-corrected chi connectivity index (χ1v) is 9.67. The molecule has 0 amide bonds. The average Bonchev–Trinajstić information content (AvgIpc) is 3.18. The molecular weight excluding hydrogens is 344 g/mol. The summed E-state index contributed by atoms with van der Waals surface area (Å²) in [6.07, 6.45) is 1.81. The van der Waals surface area contributed by atoms with Crippen molar-refractivity contribution in [3.05, 3.63) is 59.7 Å². The molecule has 0 N–H and O–H groups in total. The molecule has 0 spiro atoms. The Morgan fingerprint density at radius 1 is 1.04 bits per heavy atom. The molecule has 26 heavy (non-hydrogen) atoms. The van der Waals surface area contributed by atoms with E-state index in [4.69, 9.17) is 9.72 Å². The van der Waals surface area contributed by atoms with E-state index in [2.05, 4.69) is 32.3 Å². The largest absolute Gasteiger partial charge is 0.497 e. The maximum atomic E-state index is 5.24. The highest BCUT2D eigenvalue weighted by atomic mass is 32.1. The van der Waals surface area contributed by atoms with E-state index in [1.165, 1.54) is 5.69 Å². The van der Waals surface area contributed by atoms with Crippen molar-refractivity contribution in [2.45, 2.75) is 6.54 Å². The number of methoxy groups -OCH3 is 1. The lowest BCUT2D eigenvalue weighted by Crippen LogP contribution is -2.46. The minimum Gasteiger partial charge on any atom is -0.497 e. The minimum atomic E-state index is 0.902. The van der Waals surface area contributed by atoms with Crippen LogP contribution >= 0.6 is 11.3 Å². The quantitative estimate of drug-likeness (QED) is 0.691. The van der Waals surface area contributed by atoms with Crippen molar-refractivity contribution in [3.63, 3.8) is 0 Å². The fourth-order valence-corrected chi connectivity index (χ4v) is 3.96. The van der Waals surface area contributed by atoms with Gasteiger partial charge in [0.25, 0.3) is 0 Å². The van der Waals surface area contributed by atoms with E-state index in [0.717, 1.165) is 54.9 Å². The van der Waals surface area contributed by atoms with Crippen LogP contribution in [0.2, 0.25) is 0 Å². The third-order valence-corrected chi connectivity index (χ3v) is 5.54. The van der Waals surface area contributed by atoms with Crippen LogP contribution < -0.4 is 9.64 Å². The summed E-state index contributed by atoms with van der Waals surface area (Å²) in [7, 11) is 1.70. The molecule has 6 heteroatoms. The topological polar surface area (TPSA) is 41.5 Å². The predicted molar refractivity (Wildman–Crippen MR) is 106 cm³/mol. The fraction of sp³-hybridized carbons (Fsp3) is 0.300. The SMILES string of the molecule is COc1ccc(N2CCN(Cc3csc(-c4ccccn4)n3)CC2)cc1. The van der Waals surface area contributed by atoms with E-state index in [0.29, 0.717) is 0 Å². The van der Waals surface area contributed by atoms with Crippen LogP contribution in [-0.2, 0) is 6.54 Å². The second kappa shape index (κ2) is 7.85. The number of ether oxygens (including phenoxy) is 1. The fourth-order valence-electron chi connectivity index (χ4n) is 3.17. The zero-order valence-electron chi connectivity index (χ0n) is 14.8. The van der Waals surface area contributed by atoms with E-state index in [-0.39, 0.29) is 0 Å². The summed E-state index contributed by atoms with van der Waals surface area (Å²) < 4.78 is 5.24. The van der Waals surface area contributed by atoms with E-state index in [1.807, 2.05) is 36.5 Å². The number of rotatable bonds is 5. The Labute approximate surface area is 157 Å². The Hall–Kier alpha value is -2.44. The molecule has 0 bridgehead atoms. The number of hydrogen-bond acceptors (Lipinski definition) is 6. The van der Waals surface area contributed by atoms with Crippen LogP contribution in [0.1, 0.15) is 5.69 Å². The van der Waals surface area contributed by atoms with Crippen molar-refractivity contribution < 1.29 is 4.74 Å². The summed E-state index contributed by atoms with van der Waals surface area (Å²) in [5, 5.41) is 3.15. The van der Waals surface area contributed by atoms with Gasteiger partial charge >= 0.3 is 0 Å². The Kier molecular flexibility index (Phi) is 5.13. The standard InChI is InChI=1S/C20H22N4OS/c1-25-18-7-5-17(6-8-18)24-12-10-23(11-13-24)14-16-15-26-20(22-16)19-4-2-3-9-21-19/h2-9,15H,10-14H2,1H3. The smallest absolute Gasteiger partial charge is 0.142 e. The molecule has 4 rings (SSSR count). The summed E-state index contributed by atoms with van der Waals surface area (Å²) in [6.45, 7) is 5.05. The molecule has 5 nitrogen and oxygen atoms in total. The van der Waals surface area contributed by atoms with E-state index in [9.17, 15) is 0 Å². The van der Waals surface area contributed by atoms with E-state index < -0.39 is 0 Å². The molecule has 0 saturated carbocycles. The first kappa shape index (κ1) is 17.0. The van der Waals surface area contributed by atoms with Gasteiger partial charge in [-0.25, -0.2) is 4.98 Å². The first-order valence-electron chi connectivity index (χ1n) is 8.79. The molecule has 2 aromatic heterocycles. The van der Waals surface area contributed by atoms with Gasteiger partial charge in [-0.15, -0.1) is 11.3 Å². The van der Waals surface area contributed by atoms with Crippen molar-refractivity contribution in [1.29, 1.82) is 0 Å². The van der Waals surface area contributed by atoms with Gasteiger partial charge in [0.05, 0.1) is 18.5 Å². The van der Waals surface area contributed by atoms with Crippen molar-refractivity contribution in [2.24, 2.45) is 0 Å². The van der Waals surface area contributed by atoms with Gasteiger partial charge in [-0.05, 0) is 36.4 Å². The van der Waals surface area contributed by atoms with Gasteiger partial charge in [-0.2, -0.15) is 0 Å². The Morgan fingerprint density at radius 2 is 1.85 bits per heavy atom. The maximum Gasteiger partial charge on any atom is 0.142 e. The molecular formula is C20H22N4OS. The van der Waals surface area contributed by atoms with Crippen molar-refractivity contribution in [3.8, 4) is 16.5 Å². The van der Waals surface area contributed by atoms with Gasteiger partial charge < -0.3 is 9.64 Å². The number of pyridine rings is 1. The molecule has 0 unspecified atom stereocenters. The Bertz CT molecular complexity index is 827. The number of nitrogens with zero attached hydrogens (tertiary/aromatic N) is 4. The zero-order chi connectivity index (χ0) is 17.8. The number of anilines is 1. The Balaban J connectivity index is 1.33. The number of piperazine rings is 1. The lowest BCUT2D eigenvalue weighted by Gasteiger charge is -2.35. The highest BCUT2D eigenvalue weighted by Crippen LogP contribution is 2.23. The molecule has 3 heterocycles.